The third-order valence-corrected chi connectivity index (χ3v) is 6.21. The van der Waals surface area contributed by atoms with E-state index in [0.717, 1.165) is 44.6 Å². The molecule has 4 rings (SSSR count). The quantitative estimate of drug-likeness (QED) is 0.897. The monoisotopic (exact) mass is 364 g/mol. The highest BCUT2D eigenvalue weighted by molar-refractivity contribution is 5.97. The number of para-hydroxylation sites is 1. The molecule has 2 fully saturated rings. The van der Waals surface area contributed by atoms with E-state index in [2.05, 4.69) is 24.4 Å². The van der Waals surface area contributed by atoms with Crippen LogP contribution in [0.25, 0.3) is 0 Å². The van der Waals surface area contributed by atoms with Gasteiger partial charge in [-0.1, -0.05) is 36.4 Å². The van der Waals surface area contributed by atoms with Gasteiger partial charge in [0.1, 0.15) is 12.4 Å². The molecule has 0 unspecified atom stereocenters. The van der Waals surface area contributed by atoms with Gasteiger partial charge in [-0.2, -0.15) is 0 Å². The van der Waals surface area contributed by atoms with Crippen molar-refractivity contribution >= 4 is 5.91 Å². The lowest BCUT2D eigenvalue weighted by molar-refractivity contribution is 0.0603. The highest BCUT2D eigenvalue weighted by Gasteiger charge is 2.38. The Morgan fingerprint density at radius 1 is 1.07 bits per heavy atom. The summed E-state index contributed by atoms with van der Waals surface area (Å²) in [5, 5.41) is 3.48. The third kappa shape index (κ3) is 3.86. The molecule has 2 aromatic rings. The van der Waals surface area contributed by atoms with Gasteiger partial charge in [0.15, 0.2) is 0 Å². The van der Waals surface area contributed by atoms with Gasteiger partial charge >= 0.3 is 0 Å². The maximum Gasteiger partial charge on any atom is 0.257 e. The number of likely N-dealkylation sites (tertiary alicyclic amines) is 1. The van der Waals surface area contributed by atoms with Crippen LogP contribution in [0.5, 0.6) is 5.75 Å². The van der Waals surface area contributed by atoms with Gasteiger partial charge in [0, 0.05) is 19.6 Å². The molecule has 2 heterocycles. The van der Waals surface area contributed by atoms with Crippen LogP contribution in [0.3, 0.4) is 0 Å². The van der Waals surface area contributed by atoms with Crippen LogP contribution < -0.4 is 10.1 Å². The van der Waals surface area contributed by atoms with Crippen LogP contribution in [-0.4, -0.2) is 37.0 Å². The van der Waals surface area contributed by atoms with Crippen LogP contribution in [0.4, 0.5) is 0 Å². The van der Waals surface area contributed by atoms with Crippen molar-refractivity contribution in [2.45, 2.75) is 32.8 Å². The molecular formula is C23H28N2O2. The summed E-state index contributed by atoms with van der Waals surface area (Å²) in [6.07, 6.45) is 3.43. The van der Waals surface area contributed by atoms with Gasteiger partial charge in [-0.05, 0) is 61.4 Å². The zero-order valence-corrected chi connectivity index (χ0v) is 16.0. The van der Waals surface area contributed by atoms with Gasteiger partial charge in [-0.15, -0.1) is 0 Å². The summed E-state index contributed by atoms with van der Waals surface area (Å²) in [7, 11) is 0. The van der Waals surface area contributed by atoms with E-state index < -0.39 is 0 Å². The fraction of sp³-hybridized carbons (Fsp3) is 0.435. The van der Waals surface area contributed by atoms with E-state index in [-0.39, 0.29) is 5.91 Å². The zero-order chi connectivity index (χ0) is 18.7. The average Bonchev–Trinajstić information content (AvgIpc) is 3.16. The highest BCUT2D eigenvalue weighted by atomic mass is 16.5. The first-order valence-corrected chi connectivity index (χ1v) is 9.93. The highest BCUT2D eigenvalue weighted by Crippen LogP contribution is 2.37. The molecule has 0 saturated carbocycles. The maximum atomic E-state index is 13.1. The Bertz CT molecular complexity index is 802. The van der Waals surface area contributed by atoms with Crippen molar-refractivity contribution in [1.29, 1.82) is 0 Å². The van der Waals surface area contributed by atoms with Gasteiger partial charge in [0.05, 0.1) is 5.56 Å². The first kappa shape index (κ1) is 18.1. The van der Waals surface area contributed by atoms with Crippen molar-refractivity contribution in [3.05, 3.63) is 65.2 Å². The van der Waals surface area contributed by atoms with Crippen molar-refractivity contribution in [1.82, 2.24) is 10.2 Å². The van der Waals surface area contributed by atoms with Crippen molar-refractivity contribution < 1.29 is 9.53 Å². The van der Waals surface area contributed by atoms with E-state index in [1.807, 2.05) is 41.3 Å². The van der Waals surface area contributed by atoms with Gasteiger partial charge in [-0.25, -0.2) is 0 Å². The summed E-state index contributed by atoms with van der Waals surface area (Å²) < 4.78 is 6.05. The Hall–Kier alpha value is -2.33. The van der Waals surface area contributed by atoms with Gasteiger partial charge in [0.2, 0.25) is 0 Å². The summed E-state index contributed by atoms with van der Waals surface area (Å²) in [4.78, 5) is 15.1. The molecule has 2 aliphatic heterocycles. The molecule has 1 amide bonds. The smallest absolute Gasteiger partial charge is 0.257 e. The Labute approximate surface area is 161 Å². The Morgan fingerprint density at radius 2 is 1.81 bits per heavy atom. The minimum Gasteiger partial charge on any atom is -0.488 e. The fourth-order valence-corrected chi connectivity index (χ4v) is 4.27. The van der Waals surface area contributed by atoms with Crippen LogP contribution in [0.15, 0.2) is 48.5 Å². The Morgan fingerprint density at radius 3 is 2.56 bits per heavy atom. The number of amides is 1. The SMILES string of the molecule is Cc1ccccc1COc1ccccc1C(=O)N1CCC2(CCNC2)CC1. The molecule has 142 valence electrons. The lowest BCUT2D eigenvalue weighted by atomic mass is 9.78. The second-order valence-corrected chi connectivity index (χ2v) is 7.93. The maximum absolute atomic E-state index is 13.1. The summed E-state index contributed by atoms with van der Waals surface area (Å²) >= 11 is 0. The number of rotatable bonds is 4. The fourth-order valence-electron chi connectivity index (χ4n) is 4.27. The van der Waals surface area contributed by atoms with Crippen LogP contribution >= 0.6 is 0 Å². The number of hydrogen-bond acceptors (Lipinski definition) is 3. The van der Waals surface area contributed by atoms with Crippen LogP contribution in [0.1, 0.15) is 40.7 Å². The minimum absolute atomic E-state index is 0.0937. The molecule has 0 bridgehead atoms. The van der Waals surface area contributed by atoms with E-state index in [1.54, 1.807) is 0 Å². The summed E-state index contributed by atoms with van der Waals surface area (Å²) in [5.41, 5.74) is 3.44. The number of carbonyl (C=O) groups is 1. The molecule has 4 nitrogen and oxygen atoms in total. The second-order valence-electron chi connectivity index (χ2n) is 7.93. The summed E-state index contributed by atoms with van der Waals surface area (Å²) in [6, 6.07) is 15.8. The molecule has 2 aromatic carbocycles. The van der Waals surface area contributed by atoms with Crippen molar-refractivity contribution in [3.63, 3.8) is 0 Å². The van der Waals surface area contributed by atoms with Gasteiger partial charge in [-0.3, -0.25) is 4.79 Å². The number of hydrogen-bond donors (Lipinski definition) is 1. The molecule has 0 aliphatic carbocycles. The van der Waals surface area contributed by atoms with Crippen molar-refractivity contribution in [2.24, 2.45) is 5.41 Å². The number of benzene rings is 2. The predicted octanol–water partition coefficient (Wildman–Crippen LogP) is 3.79. The van der Waals surface area contributed by atoms with E-state index in [4.69, 9.17) is 4.74 Å². The second kappa shape index (κ2) is 7.73. The molecule has 1 spiro atoms. The lowest BCUT2D eigenvalue weighted by Gasteiger charge is -2.39. The molecule has 4 heteroatoms. The number of aryl methyl sites for hydroxylation is 1. The first-order chi connectivity index (χ1) is 13.2. The first-order valence-electron chi connectivity index (χ1n) is 9.93. The average molecular weight is 364 g/mol. The van der Waals surface area contributed by atoms with E-state index in [0.29, 0.717) is 23.3 Å². The summed E-state index contributed by atoms with van der Waals surface area (Å²) in [5.74, 6) is 0.768. The molecule has 2 saturated heterocycles. The Kier molecular flexibility index (Phi) is 5.17. The number of ether oxygens (including phenoxy) is 1. The molecule has 0 atom stereocenters. The zero-order valence-electron chi connectivity index (χ0n) is 16.0. The predicted molar refractivity (Wildman–Crippen MR) is 107 cm³/mol. The van der Waals surface area contributed by atoms with Gasteiger partial charge in [0.25, 0.3) is 5.91 Å². The largest absolute Gasteiger partial charge is 0.488 e. The van der Waals surface area contributed by atoms with Gasteiger partial charge < -0.3 is 15.0 Å². The third-order valence-electron chi connectivity index (χ3n) is 6.21. The molecule has 1 N–H and O–H groups in total. The lowest BCUT2D eigenvalue weighted by Crippen LogP contribution is -2.44. The van der Waals surface area contributed by atoms with E-state index in [9.17, 15) is 4.79 Å². The minimum atomic E-state index is 0.0937. The topological polar surface area (TPSA) is 41.6 Å². The van der Waals surface area contributed by atoms with Crippen molar-refractivity contribution in [3.8, 4) is 5.75 Å². The normalized spacial score (nSPS) is 18.6. The number of nitrogens with zero attached hydrogens (tertiary/aromatic N) is 1. The molecule has 2 aliphatic rings. The molecular weight excluding hydrogens is 336 g/mol. The van der Waals surface area contributed by atoms with E-state index in [1.165, 1.54) is 12.0 Å². The number of carbonyl (C=O) groups excluding carboxylic acids is 1. The van der Waals surface area contributed by atoms with E-state index >= 15 is 0 Å². The standard InChI is InChI=1S/C23H28N2O2/c1-18-6-2-3-7-19(18)16-27-21-9-5-4-8-20(21)22(26)25-14-11-23(12-15-25)10-13-24-17-23/h2-9,24H,10-17H2,1H3. The molecule has 0 aromatic heterocycles. The number of nitrogens with one attached hydrogen (secondary N) is 1. The Balaban J connectivity index is 1.44. The molecule has 27 heavy (non-hydrogen) atoms. The molecule has 0 radical (unpaired) electrons. The summed E-state index contributed by atoms with van der Waals surface area (Å²) in [6.45, 7) is 6.46. The van der Waals surface area contributed by atoms with Crippen LogP contribution in [-0.2, 0) is 6.61 Å². The van der Waals surface area contributed by atoms with Crippen LogP contribution in [0, 0.1) is 12.3 Å². The number of piperidine rings is 1. The van der Waals surface area contributed by atoms with Crippen molar-refractivity contribution in [2.75, 3.05) is 26.2 Å². The van der Waals surface area contributed by atoms with Crippen LogP contribution in [0.2, 0.25) is 0 Å².